The third kappa shape index (κ3) is 4.44. The Hall–Kier alpha value is -2.85. The van der Waals surface area contributed by atoms with Crippen molar-refractivity contribution in [2.24, 2.45) is 0 Å². The van der Waals surface area contributed by atoms with Crippen molar-refractivity contribution in [2.75, 3.05) is 50.5 Å². The molecule has 0 spiro atoms. The van der Waals surface area contributed by atoms with Crippen molar-refractivity contribution < 1.29 is 13.6 Å². The summed E-state index contributed by atoms with van der Waals surface area (Å²) >= 11 is 1.33. The number of hydrogen-bond acceptors (Lipinski definition) is 7. The summed E-state index contributed by atoms with van der Waals surface area (Å²) in [5.74, 6) is 0.725. The molecule has 0 aromatic carbocycles. The Labute approximate surface area is 201 Å². The molecule has 1 aliphatic heterocycles. The molecular formula is C24H28F2N6OS. The Bertz CT molecular complexity index is 1170. The van der Waals surface area contributed by atoms with Crippen molar-refractivity contribution in [3.05, 3.63) is 41.0 Å². The first-order valence-corrected chi connectivity index (χ1v) is 12.3. The van der Waals surface area contributed by atoms with Crippen LogP contribution in [0, 0.1) is 0 Å². The zero-order valence-electron chi connectivity index (χ0n) is 19.2. The summed E-state index contributed by atoms with van der Waals surface area (Å²) in [6, 6.07) is 5.81. The molecule has 0 radical (unpaired) electrons. The number of hydrogen-bond donors (Lipinski definition) is 2. The molecule has 2 atom stereocenters. The number of rotatable bonds is 5. The third-order valence-corrected chi connectivity index (χ3v) is 7.66. The molecule has 3 aromatic rings. The summed E-state index contributed by atoms with van der Waals surface area (Å²) in [6.07, 6.45) is 0.724. The van der Waals surface area contributed by atoms with Crippen molar-refractivity contribution >= 4 is 44.7 Å². The molecule has 180 valence electrons. The largest absolute Gasteiger partial charge is 0.368 e. The fourth-order valence-corrected chi connectivity index (χ4v) is 5.99. The van der Waals surface area contributed by atoms with E-state index in [1.807, 2.05) is 24.4 Å². The van der Waals surface area contributed by atoms with Gasteiger partial charge in [0.05, 0.1) is 21.5 Å². The van der Waals surface area contributed by atoms with E-state index in [0.717, 1.165) is 47.5 Å². The van der Waals surface area contributed by atoms with E-state index in [9.17, 15) is 13.6 Å². The molecule has 1 saturated carbocycles. The van der Waals surface area contributed by atoms with Gasteiger partial charge in [-0.25, -0.2) is 18.7 Å². The molecule has 34 heavy (non-hydrogen) atoms. The van der Waals surface area contributed by atoms with E-state index in [1.165, 1.54) is 16.2 Å². The SMILES string of the molecule is CN(C)C(=O)c1sc2cnc(Nc3ccc(N4CCNCC4)cn3)cc2c1C1CC(F)C(F)C1. The van der Waals surface area contributed by atoms with Gasteiger partial charge in [0.1, 0.15) is 24.0 Å². The minimum atomic E-state index is -1.50. The van der Waals surface area contributed by atoms with Gasteiger partial charge in [0.2, 0.25) is 0 Å². The lowest BCUT2D eigenvalue weighted by Crippen LogP contribution is -2.43. The van der Waals surface area contributed by atoms with Crippen LogP contribution in [0.2, 0.25) is 0 Å². The van der Waals surface area contributed by atoms with Crippen molar-refractivity contribution in [2.45, 2.75) is 31.1 Å². The van der Waals surface area contributed by atoms with E-state index >= 15 is 0 Å². The van der Waals surface area contributed by atoms with Crippen LogP contribution in [0.3, 0.4) is 0 Å². The molecule has 10 heteroatoms. The molecule has 0 bridgehead atoms. The number of thiophene rings is 1. The molecule has 4 heterocycles. The van der Waals surface area contributed by atoms with Crippen molar-refractivity contribution in [1.82, 2.24) is 20.2 Å². The third-order valence-electron chi connectivity index (χ3n) is 6.52. The van der Waals surface area contributed by atoms with Gasteiger partial charge >= 0.3 is 0 Å². The minimum Gasteiger partial charge on any atom is -0.368 e. The summed E-state index contributed by atoms with van der Waals surface area (Å²) in [5.41, 5.74) is 1.80. The van der Waals surface area contributed by atoms with Crippen molar-refractivity contribution in [3.63, 3.8) is 0 Å². The second-order valence-electron chi connectivity index (χ2n) is 9.07. The molecule has 7 nitrogen and oxygen atoms in total. The van der Waals surface area contributed by atoms with E-state index in [1.54, 1.807) is 20.3 Å². The molecule has 2 aliphatic rings. The number of amides is 1. The van der Waals surface area contributed by atoms with Crippen LogP contribution in [0.1, 0.15) is 34.0 Å². The zero-order valence-corrected chi connectivity index (χ0v) is 20.0. The predicted octanol–water partition coefficient (Wildman–Crippen LogP) is 4.10. The molecule has 2 N–H and O–H groups in total. The highest BCUT2D eigenvalue weighted by molar-refractivity contribution is 7.21. The lowest BCUT2D eigenvalue weighted by atomic mass is 9.94. The number of fused-ring (bicyclic) bond motifs is 1. The Morgan fingerprint density at radius 3 is 2.47 bits per heavy atom. The highest BCUT2D eigenvalue weighted by atomic mass is 32.1. The van der Waals surface area contributed by atoms with Gasteiger partial charge in [-0.2, -0.15) is 0 Å². The molecule has 3 aromatic heterocycles. The van der Waals surface area contributed by atoms with E-state index < -0.39 is 12.3 Å². The average molecular weight is 487 g/mol. The molecule has 1 saturated heterocycles. The predicted molar refractivity (Wildman–Crippen MR) is 132 cm³/mol. The standard InChI is InChI=1S/C24H28F2N6OS/c1-31(2)24(33)23-22(14-9-17(25)18(26)10-14)16-11-21(29-13-19(16)34-23)30-20-4-3-15(12-28-20)32-7-5-27-6-8-32/h3-4,11-14,17-18,27H,5-10H2,1-2H3,(H,28,29,30). The van der Waals surface area contributed by atoms with E-state index in [2.05, 4.69) is 25.5 Å². The fourth-order valence-electron chi connectivity index (χ4n) is 4.73. The second kappa shape index (κ2) is 9.42. The van der Waals surface area contributed by atoms with Crippen LogP contribution in [-0.4, -0.2) is 73.4 Å². The van der Waals surface area contributed by atoms with E-state index in [-0.39, 0.29) is 24.7 Å². The molecule has 1 aliphatic carbocycles. The van der Waals surface area contributed by atoms with Gasteiger partial charge in [-0.1, -0.05) is 0 Å². The number of nitrogens with zero attached hydrogens (tertiary/aromatic N) is 4. The van der Waals surface area contributed by atoms with Gasteiger partial charge in [-0.15, -0.1) is 11.3 Å². The van der Waals surface area contributed by atoms with E-state index in [0.29, 0.717) is 16.5 Å². The summed E-state index contributed by atoms with van der Waals surface area (Å²) < 4.78 is 29.0. The first-order chi connectivity index (χ1) is 16.4. The summed E-state index contributed by atoms with van der Waals surface area (Å²) in [7, 11) is 3.37. The summed E-state index contributed by atoms with van der Waals surface area (Å²) in [6.45, 7) is 3.81. The Kier molecular flexibility index (Phi) is 6.35. The van der Waals surface area contributed by atoms with Crippen molar-refractivity contribution in [3.8, 4) is 0 Å². The number of nitrogens with one attached hydrogen (secondary N) is 2. The highest BCUT2D eigenvalue weighted by Gasteiger charge is 2.38. The Morgan fingerprint density at radius 2 is 1.82 bits per heavy atom. The maximum absolute atomic E-state index is 14.1. The maximum atomic E-state index is 14.1. The van der Waals surface area contributed by atoms with Crippen LogP contribution < -0.4 is 15.5 Å². The number of pyridine rings is 2. The lowest BCUT2D eigenvalue weighted by molar-refractivity contribution is 0.0831. The van der Waals surface area contributed by atoms with Crippen LogP contribution in [-0.2, 0) is 0 Å². The van der Waals surface area contributed by atoms with Crippen LogP contribution in [0.4, 0.5) is 26.1 Å². The molecule has 1 amide bonds. The molecular weight excluding hydrogens is 458 g/mol. The summed E-state index contributed by atoms with van der Waals surface area (Å²) in [5, 5.41) is 7.39. The normalized spacial score (nSPS) is 22.8. The molecule has 2 fully saturated rings. The van der Waals surface area contributed by atoms with Gasteiger partial charge < -0.3 is 20.4 Å². The number of aromatic nitrogens is 2. The van der Waals surface area contributed by atoms with Gasteiger partial charge in [0, 0.05) is 51.9 Å². The summed E-state index contributed by atoms with van der Waals surface area (Å²) in [4.78, 5) is 26.2. The quantitative estimate of drug-likeness (QED) is 0.566. The second-order valence-corrected chi connectivity index (χ2v) is 10.1. The number of piperazine rings is 1. The Morgan fingerprint density at radius 1 is 1.12 bits per heavy atom. The van der Waals surface area contributed by atoms with E-state index in [4.69, 9.17) is 0 Å². The topological polar surface area (TPSA) is 73.4 Å². The monoisotopic (exact) mass is 486 g/mol. The lowest BCUT2D eigenvalue weighted by Gasteiger charge is -2.29. The van der Waals surface area contributed by atoms with Gasteiger partial charge in [-0.05, 0) is 42.5 Å². The van der Waals surface area contributed by atoms with Gasteiger partial charge in [0.25, 0.3) is 5.91 Å². The number of alkyl halides is 2. The van der Waals surface area contributed by atoms with Crippen LogP contribution in [0.25, 0.3) is 10.1 Å². The maximum Gasteiger partial charge on any atom is 0.263 e. The molecule has 2 unspecified atom stereocenters. The average Bonchev–Trinajstić information content (AvgIpc) is 3.38. The highest BCUT2D eigenvalue weighted by Crippen LogP contribution is 2.46. The van der Waals surface area contributed by atoms with Gasteiger partial charge in [0.15, 0.2) is 0 Å². The first kappa shape index (κ1) is 22.9. The van der Waals surface area contributed by atoms with Crippen molar-refractivity contribution in [1.29, 1.82) is 0 Å². The van der Waals surface area contributed by atoms with Gasteiger partial charge in [-0.3, -0.25) is 4.79 Å². The number of carbonyl (C=O) groups excluding carboxylic acids is 1. The minimum absolute atomic E-state index is 0.0842. The Balaban J connectivity index is 1.45. The molecule has 5 rings (SSSR count). The zero-order chi connectivity index (χ0) is 23.8. The number of halogens is 2. The smallest absolute Gasteiger partial charge is 0.263 e. The number of carbonyl (C=O) groups is 1. The first-order valence-electron chi connectivity index (χ1n) is 11.5. The fraction of sp³-hybridized carbons (Fsp3) is 0.458. The van der Waals surface area contributed by atoms with Crippen LogP contribution in [0.5, 0.6) is 0 Å². The van der Waals surface area contributed by atoms with Crippen LogP contribution in [0.15, 0.2) is 30.6 Å². The van der Waals surface area contributed by atoms with Crippen LogP contribution >= 0.6 is 11.3 Å². The number of anilines is 3.